The van der Waals surface area contributed by atoms with Crippen molar-refractivity contribution in [3.05, 3.63) is 58.2 Å². The van der Waals surface area contributed by atoms with Crippen molar-refractivity contribution in [2.45, 2.75) is 83.4 Å². The summed E-state index contributed by atoms with van der Waals surface area (Å²) < 4.78 is 48.7. The van der Waals surface area contributed by atoms with Gasteiger partial charge in [0.1, 0.15) is 11.5 Å². The Morgan fingerprint density at radius 3 is 2.58 bits per heavy atom. The summed E-state index contributed by atoms with van der Waals surface area (Å²) in [5, 5.41) is 13.3. The van der Waals surface area contributed by atoms with Gasteiger partial charge in [-0.15, -0.1) is 5.10 Å². The minimum atomic E-state index is -4.59. The zero-order valence-corrected chi connectivity index (χ0v) is 22.4. The maximum atomic E-state index is 13.7. The van der Waals surface area contributed by atoms with E-state index in [0.717, 1.165) is 43.1 Å². The molecule has 1 aliphatic carbocycles. The van der Waals surface area contributed by atoms with E-state index in [1.807, 2.05) is 19.9 Å². The van der Waals surface area contributed by atoms with Crippen LogP contribution in [0.3, 0.4) is 0 Å². The van der Waals surface area contributed by atoms with Crippen molar-refractivity contribution in [2.75, 3.05) is 0 Å². The normalized spacial score (nSPS) is 22.1. The van der Waals surface area contributed by atoms with E-state index in [9.17, 15) is 22.8 Å². The van der Waals surface area contributed by atoms with Crippen molar-refractivity contribution in [1.29, 1.82) is 5.26 Å². The molecule has 1 saturated carbocycles. The largest absolute Gasteiger partial charge is 0.458 e. The second kappa shape index (κ2) is 10.6. The highest BCUT2D eigenvalue weighted by atomic mass is 19.4. The topological polar surface area (TPSA) is 110 Å². The van der Waals surface area contributed by atoms with E-state index >= 15 is 0 Å². The van der Waals surface area contributed by atoms with Crippen LogP contribution in [0.5, 0.6) is 0 Å². The van der Waals surface area contributed by atoms with Crippen molar-refractivity contribution in [3.63, 3.8) is 0 Å². The maximum Gasteiger partial charge on any atom is 0.416 e. The lowest BCUT2D eigenvalue weighted by Gasteiger charge is -2.43. The van der Waals surface area contributed by atoms with Gasteiger partial charge in [-0.1, -0.05) is 25.0 Å². The van der Waals surface area contributed by atoms with Gasteiger partial charge in [-0.3, -0.25) is 9.59 Å². The number of ketones is 1. The first-order chi connectivity index (χ1) is 19.0. The van der Waals surface area contributed by atoms with Crippen LogP contribution in [0.4, 0.5) is 13.2 Å². The molecule has 0 amide bonds. The second-order valence-electron chi connectivity index (χ2n) is 11.0. The fourth-order valence-corrected chi connectivity index (χ4v) is 6.19. The summed E-state index contributed by atoms with van der Waals surface area (Å²) in [6.07, 6.45) is -1.01. The molecule has 210 valence electrons. The number of benzene rings is 1. The number of nitrogens with zero attached hydrogens (tertiary/aromatic N) is 5. The number of carbonyl (C=O) groups is 2. The standard InChI is InChI=1S/C29H30F3N5O3/c1-17-13-18(2)37-27(34-17)35-25(36-37)15-22-24(38)16-28(40-26(22)39,21-5-3-4-6-21)11-9-19-7-8-20(10-12-33)23(14-19)29(30,31)32/h7-8,13-14,21-22H,3-6,9-11,15-16H2,1-2H3. The molecule has 2 aromatic heterocycles. The fourth-order valence-electron chi connectivity index (χ4n) is 6.19. The average molecular weight is 554 g/mol. The highest BCUT2D eigenvalue weighted by Gasteiger charge is 2.51. The molecule has 2 unspecified atom stereocenters. The van der Waals surface area contributed by atoms with Gasteiger partial charge in [-0.25, -0.2) is 9.50 Å². The zero-order valence-electron chi connectivity index (χ0n) is 22.4. The summed E-state index contributed by atoms with van der Waals surface area (Å²) in [6, 6.07) is 7.61. The number of hydrogen-bond donors (Lipinski definition) is 0. The average Bonchev–Trinajstić information content (AvgIpc) is 3.56. The molecule has 2 atom stereocenters. The van der Waals surface area contributed by atoms with Crippen molar-refractivity contribution in [2.24, 2.45) is 11.8 Å². The SMILES string of the molecule is Cc1cc(C)n2nc(CC3C(=O)CC(CCc4ccc(CC#N)c(C(F)(F)F)c4)(C4CCCC4)OC3=O)nc2n1. The van der Waals surface area contributed by atoms with Gasteiger partial charge in [-0.05, 0) is 68.7 Å². The minimum absolute atomic E-state index is 0.00441. The maximum absolute atomic E-state index is 13.7. The third-order valence-electron chi connectivity index (χ3n) is 8.18. The van der Waals surface area contributed by atoms with Crippen molar-refractivity contribution in [3.8, 4) is 6.07 Å². The number of fused-ring (bicyclic) bond motifs is 1. The molecule has 2 fully saturated rings. The number of aryl methyl sites for hydroxylation is 3. The zero-order chi connectivity index (χ0) is 28.7. The van der Waals surface area contributed by atoms with E-state index < -0.39 is 29.2 Å². The van der Waals surface area contributed by atoms with Crippen LogP contribution in [0.1, 0.15) is 72.4 Å². The van der Waals surface area contributed by atoms with Gasteiger partial charge in [0.15, 0.2) is 11.6 Å². The molecule has 3 aromatic rings. The Balaban J connectivity index is 1.37. The van der Waals surface area contributed by atoms with E-state index in [1.54, 1.807) is 16.7 Å². The van der Waals surface area contributed by atoms with Gasteiger partial charge in [0.05, 0.1) is 18.1 Å². The van der Waals surface area contributed by atoms with Crippen molar-refractivity contribution in [1.82, 2.24) is 19.6 Å². The highest BCUT2D eigenvalue weighted by Crippen LogP contribution is 2.45. The lowest BCUT2D eigenvalue weighted by atomic mass is 9.73. The highest BCUT2D eigenvalue weighted by molar-refractivity contribution is 6.01. The second-order valence-corrected chi connectivity index (χ2v) is 11.0. The smallest absolute Gasteiger partial charge is 0.416 e. The fraction of sp³-hybridized carbons (Fsp3) is 0.517. The van der Waals surface area contributed by atoms with Gasteiger partial charge in [0.2, 0.25) is 0 Å². The molecule has 5 rings (SSSR count). The number of Topliss-reactive ketones (excluding diaryl/α,β-unsaturated/α-hetero) is 1. The van der Waals surface area contributed by atoms with Crippen molar-refractivity contribution < 1.29 is 27.5 Å². The van der Waals surface area contributed by atoms with Gasteiger partial charge in [0, 0.05) is 24.2 Å². The van der Waals surface area contributed by atoms with Crippen LogP contribution in [0.2, 0.25) is 0 Å². The van der Waals surface area contributed by atoms with Crippen LogP contribution in [-0.4, -0.2) is 36.9 Å². The van der Waals surface area contributed by atoms with Crippen LogP contribution >= 0.6 is 0 Å². The van der Waals surface area contributed by atoms with Crippen molar-refractivity contribution >= 4 is 17.5 Å². The minimum Gasteiger partial charge on any atom is -0.458 e. The number of hydrogen-bond acceptors (Lipinski definition) is 7. The molecular formula is C29H30F3N5O3. The first-order valence-electron chi connectivity index (χ1n) is 13.5. The summed E-state index contributed by atoms with van der Waals surface area (Å²) in [4.78, 5) is 35.6. The summed E-state index contributed by atoms with van der Waals surface area (Å²) in [7, 11) is 0. The third-order valence-corrected chi connectivity index (χ3v) is 8.18. The number of carbonyl (C=O) groups excluding carboxylic acids is 2. The third kappa shape index (κ3) is 5.44. The summed E-state index contributed by atoms with van der Waals surface area (Å²) in [6.45, 7) is 3.71. The van der Waals surface area contributed by atoms with E-state index in [-0.39, 0.29) is 49.4 Å². The Kier molecular flexibility index (Phi) is 7.38. The summed E-state index contributed by atoms with van der Waals surface area (Å²) in [5.74, 6) is -1.27. The molecule has 8 nitrogen and oxygen atoms in total. The molecule has 1 aromatic carbocycles. The Hall–Kier alpha value is -3.81. The number of rotatable bonds is 7. The number of halogens is 3. The summed E-state index contributed by atoms with van der Waals surface area (Å²) >= 11 is 0. The van der Waals surface area contributed by atoms with Crippen LogP contribution in [0.15, 0.2) is 24.3 Å². The van der Waals surface area contributed by atoms with Crippen LogP contribution in [0.25, 0.3) is 5.78 Å². The number of nitriles is 1. The lowest BCUT2D eigenvalue weighted by molar-refractivity contribution is -0.185. The van der Waals surface area contributed by atoms with Gasteiger partial charge < -0.3 is 4.74 Å². The monoisotopic (exact) mass is 553 g/mol. The van der Waals surface area contributed by atoms with Gasteiger partial charge >= 0.3 is 12.1 Å². The molecule has 40 heavy (non-hydrogen) atoms. The van der Waals surface area contributed by atoms with Gasteiger partial charge in [-0.2, -0.15) is 23.4 Å². The van der Waals surface area contributed by atoms with Crippen LogP contribution in [0, 0.1) is 37.0 Å². The number of cyclic esters (lactones) is 1. The van der Waals surface area contributed by atoms with E-state index in [0.29, 0.717) is 17.2 Å². The lowest BCUT2D eigenvalue weighted by Crippen LogP contribution is -2.52. The van der Waals surface area contributed by atoms with E-state index in [4.69, 9.17) is 10.00 Å². The Morgan fingerprint density at radius 1 is 1.15 bits per heavy atom. The molecule has 3 heterocycles. The molecule has 0 N–H and O–H groups in total. The van der Waals surface area contributed by atoms with Crippen LogP contribution in [-0.2, 0) is 39.8 Å². The molecular weight excluding hydrogens is 523 g/mol. The number of aromatic nitrogens is 4. The molecule has 1 saturated heterocycles. The van der Waals surface area contributed by atoms with E-state index in [2.05, 4.69) is 15.1 Å². The van der Waals surface area contributed by atoms with Crippen LogP contribution < -0.4 is 0 Å². The molecule has 11 heteroatoms. The molecule has 1 aliphatic heterocycles. The molecule has 0 radical (unpaired) electrons. The Labute approximate surface area is 229 Å². The van der Waals surface area contributed by atoms with E-state index in [1.165, 1.54) is 6.07 Å². The Morgan fingerprint density at radius 2 is 1.90 bits per heavy atom. The molecule has 2 aliphatic rings. The molecule has 0 spiro atoms. The first-order valence-corrected chi connectivity index (χ1v) is 13.5. The number of ether oxygens (including phenoxy) is 1. The summed E-state index contributed by atoms with van der Waals surface area (Å²) in [5.41, 5.74) is 0.0514. The number of alkyl halides is 3. The quantitative estimate of drug-likeness (QED) is 0.297. The first kappa shape index (κ1) is 27.7. The number of esters is 1. The Bertz CT molecular complexity index is 1480. The molecule has 0 bridgehead atoms. The van der Waals surface area contributed by atoms with Gasteiger partial charge in [0.25, 0.3) is 5.78 Å². The predicted molar refractivity (Wildman–Crippen MR) is 137 cm³/mol. The predicted octanol–water partition coefficient (Wildman–Crippen LogP) is 5.06.